The molecule has 8 heteroatoms. The minimum atomic E-state index is 0.197. The van der Waals surface area contributed by atoms with Gasteiger partial charge in [-0.2, -0.15) is 4.98 Å². The fraction of sp³-hybridized carbons (Fsp3) is 0.211. The number of aryl methyl sites for hydroxylation is 3. The summed E-state index contributed by atoms with van der Waals surface area (Å²) in [5.74, 6) is 1.07. The van der Waals surface area contributed by atoms with E-state index < -0.39 is 0 Å². The number of nitrogen functional groups attached to an aromatic ring is 2. The molecular formula is C19H20N8. The maximum Gasteiger partial charge on any atom is 0.222 e. The SMILES string of the molecule is CCn1c(-c2ccnc(N)n2)nc2c(-c3ccc(C)cc3C)nc(N)nc21. The average Bonchev–Trinajstić information content (AvgIpc) is 2.99. The van der Waals surface area contributed by atoms with E-state index in [1.54, 1.807) is 12.3 Å². The Labute approximate surface area is 156 Å². The molecule has 0 unspecified atom stereocenters. The molecule has 0 aliphatic heterocycles. The van der Waals surface area contributed by atoms with Crippen LogP contribution < -0.4 is 11.5 Å². The first-order valence-electron chi connectivity index (χ1n) is 8.68. The van der Waals surface area contributed by atoms with Crippen LogP contribution in [-0.2, 0) is 6.54 Å². The van der Waals surface area contributed by atoms with Crippen LogP contribution in [0.1, 0.15) is 18.1 Å². The molecule has 0 spiro atoms. The van der Waals surface area contributed by atoms with Gasteiger partial charge in [0.05, 0.1) is 0 Å². The summed E-state index contributed by atoms with van der Waals surface area (Å²) in [5, 5.41) is 0. The summed E-state index contributed by atoms with van der Waals surface area (Å²) in [6.07, 6.45) is 1.61. The van der Waals surface area contributed by atoms with Crippen molar-refractivity contribution in [2.45, 2.75) is 27.3 Å². The third kappa shape index (κ3) is 2.84. The van der Waals surface area contributed by atoms with Gasteiger partial charge in [-0.15, -0.1) is 0 Å². The van der Waals surface area contributed by atoms with Gasteiger partial charge in [-0.05, 0) is 32.4 Å². The molecule has 0 fully saturated rings. The molecule has 0 saturated carbocycles. The summed E-state index contributed by atoms with van der Waals surface area (Å²) in [4.78, 5) is 22.0. The van der Waals surface area contributed by atoms with Gasteiger partial charge in [0.1, 0.15) is 16.9 Å². The van der Waals surface area contributed by atoms with Gasteiger partial charge in [-0.3, -0.25) is 0 Å². The lowest BCUT2D eigenvalue weighted by Gasteiger charge is -2.08. The van der Waals surface area contributed by atoms with Crippen molar-refractivity contribution in [2.75, 3.05) is 11.5 Å². The van der Waals surface area contributed by atoms with Gasteiger partial charge >= 0.3 is 0 Å². The largest absolute Gasteiger partial charge is 0.368 e. The predicted molar refractivity (Wildman–Crippen MR) is 106 cm³/mol. The number of anilines is 2. The number of imidazole rings is 1. The number of benzene rings is 1. The maximum atomic E-state index is 6.03. The van der Waals surface area contributed by atoms with E-state index >= 15 is 0 Å². The molecular weight excluding hydrogens is 340 g/mol. The molecule has 0 amide bonds. The highest BCUT2D eigenvalue weighted by Crippen LogP contribution is 2.32. The molecule has 0 aliphatic rings. The lowest BCUT2D eigenvalue weighted by molar-refractivity contribution is 0.783. The highest BCUT2D eigenvalue weighted by atomic mass is 15.2. The van der Waals surface area contributed by atoms with E-state index in [0.717, 1.165) is 11.1 Å². The van der Waals surface area contributed by atoms with Crippen LogP contribution in [0.3, 0.4) is 0 Å². The van der Waals surface area contributed by atoms with E-state index in [0.29, 0.717) is 34.9 Å². The highest BCUT2D eigenvalue weighted by Gasteiger charge is 2.20. The lowest BCUT2D eigenvalue weighted by atomic mass is 10.0. The lowest BCUT2D eigenvalue weighted by Crippen LogP contribution is -2.04. The number of rotatable bonds is 3. The standard InChI is InChI=1S/C19H20N8/c1-4-27-16(13-7-8-22-18(20)23-13)24-15-14(25-19(21)26-17(15)27)12-6-5-10(2)9-11(12)3/h5-9H,4H2,1-3H3,(H2,20,22,23)(H2,21,25,26). The second kappa shape index (κ2) is 6.31. The summed E-state index contributed by atoms with van der Waals surface area (Å²) < 4.78 is 1.96. The molecule has 0 saturated heterocycles. The van der Waals surface area contributed by atoms with E-state index in [1.807, 2.05) is 17.6 Å². The zero-order valence-electron chi connectivity index (χ0n) is 15.4. The van der Waals surface area contributed by atoms with Gasteiger partial charge in [0.2, 0.25) is 11.9 Å². The Kier molecular flexibility index (Phi) is 3.95. The fourth-order valence-electron chi connectivity index (χ4n) is 3.28. The summed E-state index contributed by atoms with van der Waals surface area (Å²) >= 11 is 0. The predicted octanol–water partition coefficient (Wildman–Crippen LogP) is 2.75. The van der Waals surface area contributed by atoms with Gasteiger partial charge in [0, 0.05) is 18.3 Å². The van der Waals surface area contributed by atoms with Crippen molar-refractivity contribution in [3.8, 4) is 22.8 Å². The fourth-order valence-corrected chi connectivity index (χ4v) is 3.28. The second-order valence-electron chi connectivity index (χ2n) is 6.40. The Morgan fingerprint density at radius 3 is 2.48 bits per heavy atom. The third-order valence-electron chi connectivity index (χ3n) is 4.47. The normalized spacial score (nSPS) is 11.2. The number of hydrogen-bond donors (Lipinski definition) is 2. The number of nitrogens with zero attached hydrogens (tertiary/aromatic N) is 6. The molecule has 136 valence electrons. The van der Waals surface area contributed by atoms with Crippen molar-refractivity contribution in [1.29, 1.82) is 0 Å². The molecule has 0 aliphatic carbocycles. The van der Waals surface area contributed by atoms with Crippen molar-refractivity contribution in [3.63, 3.8) is 0 Å². The zero-order valence-corrected chi connectivity index (χ0v) is 15.4. The molecule has 4 N–H and O–H groups in total. The Bertz CT molecular complexity index is 1160. The quantitative estimate of drug-likeness (QED) is 0.576. The Balaban J connectivity index is 2.04. The van der Waals surface area contributed by atoms with Crippen LogP contribution in [0, 0.1) is 13.8 Å². The van der Waals surface area contributed by atoms with Gasteiger partial charge in [-0.1, -0.05) is 23.8 Å². The molecule has 8 nitrogen and oxygen atoms in total. The van der Waals surface area contributed by atoms with E-state index in [1.165, 1.54) is 5.56 Å². The molecule has 0 radical (unpaired) electrons. The smallest absolute Gasteiger partial charge is 0.222 e. The number of fused-ring (bicyclic) bond motifs is 1. The minimum absolute atomic E-state index is 0.197. The van der Waals surface area contributed by atoms with Crippen molar-refractivity contribution < 1.29 is 0 Å². The third-order valence-corrected chi connectivity index (χ3v) is 4.47. The summed E-state index contributed by atoms with van der Waals surface area (Å²) in [5.41, 5.74) is 17.8. The summed E-state index contributed by atoms with van der Waals surface area (Å²) in [7, 11) is 0. The van der Waals surface area contributed by atoms with Crippen LogP contribution >= 0.6 is 0 Å². The molecule has 0 atom stereocenters. The molecule has 3 heterocycles. The molecule has 27 heavy (non-hydrogen) atoms. The van der Waals surface area contributed by atoms with Crippen molar-refractivity contribution in [3.05, 3.63) is 41.6 Å². The first-order chi connectivity index (χ1) is 13.0. The van der Waals surface area contributed by atoms with E-state index in [-0.39, 0.29) is 11.9 Å². The zero-order chi connectivity index (χ0) is 19.1. The molecule has 0 bridgehead atoms. The molecule has 1 aromatic carbocycles. The van der Waals surface area contributed by atoms with Crippen LogP contribution in [0.2, 0.25) is 0 Å². The first-order valence-corrected chi connectivity index (χ1v) is 8.68. The number of nitrogens with two attached hydrogens (primary N) is 2. The van der Waals surface area contributed by atoms with E-state index in [2.05, 4.69) is 45.9 Å². The second-order valence-corrected chi connectivity index (χ2v) is 6.40. The van der Waals surface area contributed by atoms with Crippen LogP contribution in [0.5, 0.6) is 0 Å². The first kappa shape index (κ1) is 16.9. The molecule has 4 aromatic rings. The number of aromatic nitrogens is 6. The van der Waals surface area contributed by atoms with E-state index in [4.69, 9.17) is 16.5 Å². The van der Waals surface area contributed by atoms with E-state index in [9.17, 15) is 0 Å². The van der Waals surface area contributed by atoms with Gasteiger partial charge in [0.25, 0.3) is 0 Å². The van der Waals surface area contributed by atoms with Crippen LogP contribution in [-0.4, -0.2) is 29.5 Å². The summed E-state index contributed by atoms with van der Waals surface area (Å²) in [6, 6.07) is 7.98. The Hall–Kier alpha value is -3.55. The van der Waals surface area contributed by atoms with Crippen molar-refractivity contribution in [2.24, 2.45) is 0 Å². The average molecular weight is 360 g/mol. The van der Waals surface area contributed by atoms with Crippen molar-refractivity contribution in [1.82, 2.24) is 29.5 Å². The van der Waals surface area contributed by atoms with Crippen molar-refractivity contribution >= 4 is 23.1 Å². The van der Waals surface area contributed by atoms with Crippen LogP contribution in [0.4, 0.5) is 11.9 Å². The number of hydrogen-bond acceptors (Lipinski definition) is 7. The topological polar surface area (TPSA) is 121 Å². The minimum Gasteiger partial charge on any atom is -0.368 e. The molecule has 3 aromatic heterocycles. The van der Waals surface area contributed by atoms with Gasteiger partial charge in [0.15, 0.2) is 11.5 Å². The monoisotopic (exact) mass is 360 g/mol. The Morgan fingerprint density at radius 1 is 0.963 bits per heavy atom. The van der Waals surface area contributed by atoms with Gasteiger partial charge < -0.3 is 16.0 Å². The van der Waals surface area contributed by atoms with Crippen LogP contribution in [0.25, 0.3) is 33.9 Å². The maximum absolute atomic E-state index is 6.03. The van der Waals surface area contributed by atoms with Gasteiger partial charge in [-0.25, -0.2) is 19.9 Å². The summed E-state index contributed by atoms with van der Waals surface area (Å²) in [6.45, 7) is 6.78. The molecule has 4 rings (SSSR count). The Morgan fingerprint density at radius 2 is 1.78 bits per heavy atom. The highest BCUT2D eigenvalue weighted by molar-refractivity contribution is 5.91. The van der Waals surface area contributed by atoms with Crippen LogP contribution in [0.15, 0.2) is 30.5 Å².